The summed E-state index contributed by atoms with van der Waals surface area (Å²) >= 11 is 2.36. The number of pyridine rings is 1. The summed E-state index contributed by atoms with van der Waals surface area (Å²) in [6.07, 6.45) is 2.70. The van der Waals surface area contributed by atoms with Crippen LogP contribution in [0.25, 0.3) is 0 Å². The second kappa shape index (κ2) is 4.64. The summed E-state index contributed by atoms with van der Waals surface area (Å²) in [5, 5.41) is 0. The normalized spacial score (nSPS) is 12.8. The molecule has 1 rings (SSSR count). The van der Waals surface area contributed by atoms with Crippen LogP contribution in [0.4, 0.5) is 0 Å². The minimum Gasteiger partial charge on any atom is -0.329 e. The van der Waals surface area contributed by atoms with Crippen molar-refractivity contribution in [3.63, 3.8) is 0 Å². The third kappa shape index (κ3) is 2.97. The van der Waals surface area contributed by atoms with Crippen LogP contribution >= 0.6 is 22.6 Å². The van der Waals surface area contributed by atoms with E-state index in [9.17, 15) is 4.79 Å². The molecule has 0 saturated heterocycles. The van der Waals surface area contributed by atoms with Crippen molar-refractivity contribution in [3.8, 4) is 0 Å². The van der Waals surface area contributed by atoms with Crippen LogP contribution in [0.5, 0.6) is 0 Å². The zero-order valence-corrected chi connectivity index (χ0v) is 9.17. The highest BCUT2D eigenvalue weighted by Crippen LogP contribution is 2.08. The molecule has 0 radical (unpaired) electrons. The second-order valence-corrected chi connectivity index (χ2v) is 3.91. The smallest absolute Gasteiger partial charge is 0.248 e. The van der Waals surface area contributed by atoms with Crippen LogP contribution in [-0.4, -0.2) is 9.41 Å². The predicted molar refractivity (Wildman–Crippen MR) is 58.8 cm³/mol. The van der Waals surface area contributed by atoms with E-state index >= 15 is 0 Å². The fourth-order valence-electron chi connectivity index (χ4n) is 1.07. The number of halogens is 1. The topological polar surface area (TPSA) is 32.9 Å². The van der Waals surface area contributed by atoms with E-state index in [4.69, 9.17) is 0 Å². The summed E-state index contributed by atoms with van der Waals surface area (Å²) in [4.78, 5) is 13.5. The third-order valence-corrected chi connectivity index (χ3v) is 3.19. The Morgan fingerprint density at radius 2 is 2.42 bits per heavy atom. The number of aromatic nitrogens is 1. The highest BCUT2D eigenvalue weighted by atomic mass is 127. The van der Waals surface area contributed by atoms with E-state index in [1.807, 2.05) is 6.07 Å². The summed E-state index contributed by atoms with van der Waals surface area (Å²) in [7, 11) is 0. The van der Waals surface area contributed by atoms with Crippen molar-refractivity contribution >= 4 is 22.6 Å². The Morgan fingerprint density at radius 1 is 1.67 bits per heavy atom. The number of H-pyrrole nitrogens is 1. The van der Waals surface area contributed by atoms with Gasteiger partial charge in [-0.25, -0.2) is 0 Å². The molecule has 1 unspecified atom stereocenters. The van der Waals surface area contributed by atoms with Gasteiger partial charge >= 0.3 is 0 Å². The first-order valence-corrected chi connectivity index (χ1v) is 5.48. The zero-order valence-electron chi connectivity index (χ0n) is 7.01. The monoisotopic (exact) mass is 277 g/mol. The Labute approximate surface area is 85.5 Å². The predicted octanol–water partition coefficient (Wildman–Crippen LogP) is 1.99. The van der Waals surface area contributed by atoms with E-state index in [1.54, 1.807) is 12.3 Å². The Morgan fingerprint density at radius 3 is 3.00 bits per heavy atom. The Kier molecular flexibility index (Phi) is 3.78. The van der Waals surface area contributed by atoms with Gasteiger partial charge < -0.3 is 4.98 Å². The number of alkyl halides is 1. The molecule has 1 heterocycles. The van der Waals surface area contributed by atoms with Crippen LogP contribution < -0.4 is 5.56 Å². The number of nitrogens with one attached hydrogen (secondary N) is 1. The molecule has 0 bridgehead atoms. The molecule has 3 heteroatoms. The average molecular weight is 277 g/mol. The van der Waals surface area contributed by atoms with Gasteiger partial charge in [-0.2, -0.15) is 0 Å². The van der Waals surface area contributed by atoms with Gasteiger partial charge in [-0.05, 0) is 24.0 Å². The first-order valence-electron chi connectivity index (χ1n) is 3.96. The van der Waals surface area contributed by atoms with Crippen LogP contribution in [0.1, 0.15) is 12.5 Å². The number of rotatable bonds is 3. The molecule has 12 heavy (non-hydrogen) atoms. The lowest BCUT2D eigenvalue weighted by molar-refractivity contribution is 0.667. The quantitative estimate of drug-likeness (QED) is 0.665. The average Bonchev–Trinajstić information content (AvgIpc) is 2.04. The number of aromatic amines is 1. The van der Waals surface area contributed by atoms with Crippen molar-refractivity contribution in [1.29, 1.82) is 0 Å². The van der Waals surface area contributed by atoms with Gasteiger partial charge in [-0.15, -0.1) is 0 Å². The Hall–Kier alpha value is -0.320. The lowest BCUT2D eigenvalue weighted by Crippen LogP contribution is -2.07. The van der Waals surface area contributed by atoms with Crippen molar-refractivity contribution in [2.24, 2.45) is 5.92 Å². The summed E-state index contributed by atoms with van der Waals surface area (Å²) < 4.78 is 1.13. The second-order valence-electron chi connectivity index (χ2n) is 3.02. The van der Waals surface area contributed by atoms with Gasteiger partial charge in [-0.3, -0.25) is 4.79 Å². The molecule has 0 saturated carbocycles. The van der Waals surface area contributed by atoms with Crippen molar-refractivity contribution in [2.45, 2.75) is 13.3 Å². The molecule has 0 aliphatic rings. The van der Waals surface area contributed by atoms with E-state index < -0.39 is 0 Å². The largest absolute Gasteiger partial charge is 0.329 e. The van der Waals surface area contributed by atoms with Gasteiger partial charge in [0.15, 0.2) is 0 Å². The van der Waals surface area contributed by atoms with E-state index in [1.165, 1.54) is 0 Å². The van der Waals surface area contributed by atoms with Gasteiger partial charge in [0.2, 0.25) is 5.56 Å². The van der Waals surface area contributed by atoms with Crippen molar-refractivity contribution in [1.82, 2.24) is 4.98 Å². The molecule has 1 aromatic rings. The molecule has 1 atom stereocenters. The molecule has 0 aromatic carbocycles. The molecule has 0 aliphatic carbocycles. The molecule has 0 spiro atoms. The van der Waals surface area contributed by atoms with Crippen LogP contribution in [0, 0.1) is 5.92 Å². The fraction of sp³-hybridized carbons (Fsp3) is 0.444. The molecule has 2 nitrogen and oxygen atoms in total. The van der Waals surface area contributed by atoms with Gasteiger partial charge in [0, 0.05) is 16.7 Å². The number of hydrogen-bond acceptors (Lipinski definition) is 1. The maximum Gasteiger partial charge on any atom is 0.248 e. The highest BCUT2D eigenvalue weighted by molar-refractivity contribution is 14.1. The third-order valence-electron chi connectivity index (χ3n) is 1.69. The lowest BCUT2D eigenvalue weighted by Gasteiger charge is -2.05. The van der Waals surface area contributed by atoms with Crippen LogP contribution in [0.3, 0.4) is 0 Å². The molecule has 1 N–H and O–H groups in total. The van der Waals surface area contributed by atoms with E-state index in [0.29, 0.717) is 5.92 Å². The molecule has 0 aliphatic heterocycles. The maximum atomic E-state index is 10.9. The first kappa shape index (κ1) is 9.77. The number of hydrogen-bond donors (Lipinski definition) is 1. The summed E-state index contributed by atoms with van der Waals surface area (Å²) in [6, 6.07) is 3.63. The first-order chi connectivity index (χ1) is 5.72. The van der Waals surface area contributed by atoms with Crippen LogP contribution in [-0.2, 0) is 6.42 Å². The molecule has 0 fully saturated rings. The Balaban J connectivity index is 2.69. The van der Waals surface area contributed by atoms with Crippen LogP contribution in [0.15, 0.2) is 23.1 Å². The van der Waals surface area contributed by atoms with Crippen molar-refractivity contribution < 1.29 is 0 Å². The lowest BCUT2D eigenvalue weighted by atomic mass is 10.0. The minimum absolute atomic E-state index is 0.00634. The summed E-state index contributed by atoms with van der Waals surface area (Å²) in [6.45, 7) is 2.19. The molecular weight excluding hydrogens is 265 g/mol. The van der Waals surface area contributed by atoms with E-state index in [0.717, 1.165) is 16.4 Å². The molecule has 1 aromatic heterocycles. The van der Waals surface area contributed by atoms with E-state index in [-0.39, 0.29) is 5.56 Å². The summed E-state index contributed by atoms with van der Waals surface area (Å²) in [5.74, 6) is 0.646. The van der Waals surface area contributed by atoms with Gasteiger partial charge in [0.05, 0.1) is 0 Å². The van der Waals surface area contributed by atoms with Gasteiger partial charge in [-0.1, -0.05) is 29.5 Å². The van der Waals surface area contributed by atoms with Crippen LogP contribution in [0.2, 0.25) is 0 Å². The van der Waals surface area contributed by atoms with Gasteiger partial charge in [0.1, 0.15) is 0 Å². The van der Waals surface area contributed by atoms with E-state index in [2.05, 4.69) is 34.5 Å². The molecular formula is C9H12INO. The minimum atomic E-state index is -0.00634. The van der Waals surface area contributed by atoms with Crippen molar-refractivity contribution in [3.05, 3.63) is 34.2 Å². The standard InChI is InChI=1S/C9H12INO/c1-7(6-10)4-8-2-3-11-9(12)5-8/h2-3,5,7H,4,6H2,1H3,(H,11,12). The fourth-order valence-corrected chi connectivity index (χ4v) is 1.38. The SMILES string of the molecule is CC(CI)Cc1cc[nH]c(=O)c1. The highest BCUT2D eigenvalue weighted by Gasteiger charge is 2.01. The van der Waals surface area contributed by atoms with Gasteiger partial charge in [0.25, 0.3) is 0 Å². The maximum absolute atomic E-state index is 10.9. The Bertz CT molecular complexity index is 295. The van der Waals surface area contributed by atoms with Crippen molar-refractivity contribution in [2.75, 3.05) is 4.43 Å². The zero-order chi connectivity index (χ0) is 8.97. The molecule has 66 valence electrons. The molecule has 0 amide bonds. The summed E-state index contributed by atoms with van der Waals surface area (Å²) in [5.41, 5.74) is 1.12.